The standard InChI is InChI=1S/C22H25Cl2NOS2/c1-14-6-5-7-15(2)22(14)25-21(26)13-27-18-8-3-4-9-19(18)28-20-12-16(23)10-11-17(20)24/h5-7,10-12,18-19H,3-4,8-9,13H2,1-2H3,(H,25,26)/t18-,19-/m1/s1. The summed E-state index contributed by atoms with van der Waals surface area (Å²) in [6, 6.07) is 11.7. The molecule has 0 radical (unpaired) electrons. The number of carbonyl (C=O) groups excluding carboxylic acids is 1. The Morgan fingerprint density at radius 2 is 1.75 bits per heavy atom. The van der Waals surface area contributed by atoms with Crippen molar-refractivity contribution in [1.82, 2.24) is 0 Å². The van der Waals surface area contributed by atoms with Gasteiger partial charge < -0.3 is 5.32 Å². The Labute approximate surface area is 186 Å². The Bertz CT molecular complexity index is 823. The molecular weight excluding hydrogens is 429 g/mol. The SMILES string of the molecule is Cc1cccc(C)c1NC(=O)CS[C@@H]1CCCC[C@H]1Sc1cc(Cl)ccc1Cl. The molecule has 1 fully saturated rings. The molecule has 28 heavy (non-hydrogen) atoms. The smallest absolute Gasteiger partial charge is 0.234 e. The fourth-order valence-corrected chi connectivity index (χ4v) is 6.77. The number of nitrogens with one attached hydrogen (secondary N) is 1. The van der Waals surface area contributed by atoms with Gasteiger partial charge in [0.25, 0.3) is 0 Å². The predicted molar refractivity (Wildman–Crippen MR) is 125 cm³/mol. The minimum absolute atomic E-state index is 0.0671. The van der Waals surface area contributed by atoms with Crippen molar-refractivity contribution in [2.75, 3.05) is 11.1 Å². The molecule has 1 N–H and O–H groups in total. The van der Waals surface area contributed by atoms with Crippen molar-refractivity contribution in [3.63, 3.8) is 0 Å². The summed E-state index contributed by atoms with van der Waals surface area (Å²) in [5.74, 6) is 0.538. The zero-order valence-electron chi connectivity index (χ0n) is 16.1. The number of para-hydroxylation sites is 1. The van der Waals surface area contributed by atoms with Crippen molar-refractivity contribution in [3.8, 4) is 0 Å². The van der Waals surface area contributed by atoms with Gasteiger partial charge in [-0.05, 0) is 56.0 Å². The van der Waals surface area contributed by atoms with Crippen LogP contribution in [0.15, 0.2) is 41.3 Å². The molecule has 6 heteroatoms. The van der Waals surface area contributed by atoms with Crippen LogP contribution in [-0.4, -0.2) is 22.2 Å². The average molecular weight is 454 g/mol. The fraction of sp³-hybridized carbons (Fsp3) is 0.409. The Morgan fingerprint density at radius 3 is 2.46 bits per heavy atom. The highest BCUT2D eigenvalue weighted by Crippen LogP contribution is 2.42. The third-order valence-electron chi connectivity index (χ3n) is 4.99. The van der Waals surface area contributed by atoms with Gasteiger partial charge in [0.15, 0.2) is 0 Å². The minimum atomic E-state index is 0.0671. The molecule has 1 amide bonds. The first-order valence-electron chi connectivity index (χ1n) is 9.53. The summed E-state index contributed by atoms with van der Waals surface area (Å²) in [5, 5.41) is 5.44. The van der Waals surface area contributed by atoms with E-state index in [0.717, 1.165) is 39.6 Å². The van der Waals surface area contributed by atoms with E-state index in [0.29, 0.717) is 21.3 Å². The number of amides is 1. The van der Waals surface area contributed by atoms with E-state index >= 15 is 0 Å². The van der Waals surface area contributed by atoms with Crippen LogP contribution < -0.4 is 5.32 Å². The van der Waals surface area contributed by atoms with E-state index in [1.165, 1.54) is 12.8 Å². The van der Waals surface area contributed by atoms with Gasteiger partial charge in [0.1, 0.15) is 0 Å². The lowest BCUT2D eigenvalue weighted by molar-refractivity contribution is -0.113. The third kappa shape index (κ3) is 5.85. The maximum atomic E-state index is 12.5. The van der Waals surface area contributed by atoms with E-state index in [-0.39, 0.29) is 5.91 Å². The molecule has 3 rings (SSSR count). The molecule has 1 aliphatic rings. The number of carbonyl (C=O) groups is 1. The molecular formula is C22H25Cl2NOS2. The van der Waals surface area contributed by atoms with E-state index in [2.05, 4.69) is 5.32 Å². The van der Waals surface area contributed by atoms with Crippen LogP contribution in [0.1, 0.15) is 36.8 Å². The molecule has 0 unspecified atom stereocenters. The number of rotatable bonds is 6. The molecule has 150 valence electrons. The molecule has 2 aromatic carbocycles. The van der Waals surface area contributed by atoms with Crippen LogP contribution >= 0.6 is 46.7 Å². The Hall–Kier alpha value is -0.810. The summed E-state index contributed by atoms with van der Waals surface area (Å²) in [7, 11) is 0. The molecule has 1 aliphatic carbocycles. The molecule has 0 saturated heterocycles. The van der Waals surface area contributed by atoms with Crippen molar-refractivity contribution in [2.45, 2.75) is 54.9 Å². The first-order valence-corrected chi connectivity index (χ1v) is 12.2. The van der Waals surface area contributed by atoms with E-state index in [1.807, 2.05) is 50.2 Å². The van der Waals surface area contributed by atoms with Gasteiger partial charge in [0, 0.05) is 26.1 Å². The van der Waals surface area contributed by atoms with Gasteiger partial charge in [0.05, 0.1) is 10.8 Å². The first kappa shape index (κ1) is 21.9. The number of hydrogen-bond acceptors (Lipinski definition) is 3. The fourth-order valence-electron chi connectivity index (χ4n) is 3.49. The molecule has 0 bridgehead atoms. The molecule has 2 aromatic rings. The second kappa shape index (κ2) is 10.3. The second-order valence-corrected chi connectivity index (χ2v) is 10.5. The molecule has 1 saturated carbocycles. The highest BCUT2D eigenvalue weighted by molar-refractivity contribution is 8.04. The van der Waals surface area contributed by atoms with Gasteiger partial charge in [-0.3, -0.25) is 4.79 Å². The molecule has 0 spiro atoms. The number of thioether (sulfide) groups is 2. The average Bonchev–Trinajstić information content (AvgIpc) is 2.67. The predicted octanol–water partition coefficient (Wildman–Crippen LogP) is 7.39. The van der Waals surface area contributed by atoms with Crippen LogP contribution in [-0.2, 0) is 4.79 Å². The summed E-state index contributed by atoms with van der Waals surface area (Å²) in [6.07, 6.45) is 4.72. The Morgan fingerprint density at radius 1 is 1.07 bits per heavy atom. The van der Waals surface area contributed by atoms with Crippen molar-refractivity contribution in [1.29, 1.82) is 0 Å². The maximum Gasteiger partial charge on any atom is 0.234 e. The molecule has 0 aliphatic heterocycles. The number of halogens is 2. The van der Waals surface area contributed by atoms with Gasteiger partial charge in [-0.1, -0.05) is 54.2 Å². The first-order chi connectivity index (χ1) is 13.4. The quantitative estimate of drug-likeness (QED) is 0.494. The number of benzene rings is 2. The van der Waals surface area contributed by atoms with Crippen LogP contribution in [0.4, 0.5) is 5.69 Å². The van der Waals surface area contributed by atoms with Gasteiger partial charge in [0.2, 0.25) is 5.91 Å². The van der Waals surface area contributed by atoms with Crippen LogP contribution in [0, 0.1) is 13.8 Å². The highest BCUT2D eigenvalue weighted by Gasteiger charge is 2.28. The normalized spacial score (nSPS) is 19.4. The van der Waals surface area contributed by atoms with E-state index in [1.54, 1.807) is 23.5 Å². The van der Waals surface area contributed by atoms with E-state index in [4.69, 9.17) is 23.2 Å². The van der Waals surface area contributed by atoms with Crippen molar-refractivity contribution >= 4 is 58.3 Å². The van der Waals surface area contributed by atoms with Crippen LogP contribution in [0.25, 0.3) is 0 Å². The zero-order chi connectivity index (χ0) is 20.1. The van der Waals surface area contributed by atoms with Gasteiger partial charge in [-0.25, -0.2) is 0 Å². The van der Waals surface area contributed by atoms with Crippen molar-refractivity contribution in [2.24, 2.45) is 0 Å². The largest absolute Gasteiger partial charge is 0.325 e. The lowest BCUT2D eigenvalue weighted by Crippen LogP contribution is -2.27. The van der Waals surface area contributed by atoms with Gasteiger partial charge in [-0.15, -0.1) is 23.5 Å². The van der Waals surface area contributed by atoms with E-state index < -0.39 is 0 Å². The third-order valence-corrected chi connectivity index (χ3v) is 8.72. The Balaban J connectivity index is 1.60. The molecule has 2 atom stereocenters. The summed E-state index contributed by atoms with van der Waals surface area (Å²) < 4.78 is 0. The lowest BCUT2D eigenvalue weighted by Gasteiger charge is -2.30. The van der Waals surface area contributed by atoms with Crippen LogP contribution in [0.5, 0.6) is 0 Å². The van der Waals surface area contributed by atoms with Crippen LogP contribution in [0.2, 0.25) is 10.0 Å². The molecule has 0 aromatic heterocycles. The van der Waals surface area contributed by atoms with E-state index in [9.17, 15) is 4.79 Å². The zero-order valence-corrected chi connectivity index (χ0v) is 19.3. The van der Waals surface area contributed by atoms with Crippen LogP contribution in [0.3, 0.4) is 0 Å². The molecule has 0 heterocycles. The summed E-state index contributed by atoms with van der Waals surface area (Å²) in [4.78, 5) is 13.6. The monoisotopic (exact) mass is 453 g/mol. The van der Waals surface area contributed by atoms with Crippen molar-refractivity contribution < 1.29 is 4.79 Å². The lowest BCUT2D eigenvalue weighted by atomic mass is 10.00. The minimum Gasteiger partial charge on any atom is -0.325 e. The number of hydrogen-bond donors (Lipinski definition) is 1. The highest BCUT2D eigenvalue weighted by atomic mass is 35.5. The summed E-state index contributed by atoms with van der Waals surface area (Å²) >= 11 is 16.1. The summed E-state index contributed by atoms with van der Waals surface area (Å²) in [5.41, 5.74) is 3.13. The Kier molecular flexibility index (Phi) is 8.04. The number of anilines is 1. The van der Waals surface area contributed by atoms with Crippen molar-refractivity contribution in [3.05, 3.63) is 57.6 Å². The van der Waals surface area contributed by atoms with Gasteiger partial charge in [-0.2, -0.15) is 0 Å². The topological polar surface area (TPSA) is 29.1 Å². The van der Waals surface area contributed by atoms with Gasteiger partial charge >= 0.3 is 0 Å². The molecule has 2 nitrogen and oxygen atoms in total. The number of aryl methyl sites for hydroxylation is 2. The maximum absolute atomic E-state index is 12.5. The summed E-state index contributed by atoms with van der Waals surface area (Å²) in [6.45, 7) is 4.05. The second-order valence-electron chi connectivity index (χ2n) is 7.18.